The summed E-state index contributed by atoms with van der Waals surface area (Å²) in [6, 6.07) is -0.0260. The molecule has 3 aliphatic rings. The van der Waals surface area contributed by atoms with Crippen molar-refractivity contribution in [1.82, 2.24) is 29.4 Å². The summed E-state index contributed by atoms with van der Waals surface area (Å²) in [4.78, 5) is 15.1. The lowest BCUT2D eigenvalue weighted by Gasteiger charge is -2.35. The van der Waals surface area contributed by atoms with Gasteiger partial charge in [0, 0.05) is 38.7 Å². The van der Waals surface area contributed by atoms with E-state index in [-0.39, 0.29) is 12.1 Å². The van der Waals surface area contributed by atoms with Crippen molar-refractivity contribution in [3.63, 3.8) is 0 Å². The van der Waals surface area contributed by atoms with Gasteiger partial charge in [-0.1, -0.05) is 0 Å². The Hall–Kier alpha value is -2.38. The normalized spacial score (nSPS) is 22.6. The van der Waals surface area contributed by atoms with Crippen molar-refractivity contribution >= 4 is 11.7 Å². The van der Waals surface area contributed by atoms with Crippen LogP contribution >= 0.6 is 0 Å². The summed E-state index contributed by atoms with van der Waals surface area (Å²) in [5.74, 6) is 2.54. The third kappa shape index (κ3) is 3.11. The second kappa shape index (κ2) is 6.65. The third-order valence-corrected chi connectivity index (χ3v) is 6.01. The highest BCUT2D eigenvalue weighted by Gasteiger charge is 2.35. The van der Waals surface area contributed by atoms with Crippen molar-refractivity contribution in [2.45, 2.75) is 69.9 Å². The lowest BCUT2D eigenvalue weighted by Crippen LogP contribution is -2.42. The monoisotopic (exact) mass is 369 g/mol. The van der Waals surface area contributed by atoms with Crippen LogP contribution in [0, 0.1) is 0 Å². The van der Waals surface area contributed by atoms with Crippen molar-refractivity contribution < 1.29 is 4.79 Å². The molecule has 0 radical (unpaired) electrons. The topological polar surface area (TPSA) is 80.9 Å². The Labute approximate surface area is 158 Å². The molecular formula is C19H27N7O. The summed E-state index contributed by atoms with van der Waals surface area (Å²) in [5.41, 5.74) is 1.89. The van der Waals surface area contributed by atoms with E-state index in [0.717, 1.165) is 81.1 Å². The number of aromatic nitrogens is 5. The predicted octanol–water partition coefficient (Wildman–Crippen LogP) is 2.98. The van der Waals surface area contributed by atoms with Crippen LogP contribution in [0.25, 0.3) is 0 Å². The number of amides is 2. The molecule has 2 aliphatic heterocycles. The molecule has 5 rings (SSSR count). The number of hydrogen-bond donors (Lipinski definition) is 1. The number of piperidine rings is 1. The smallest absolute Gasteiger partial charge is 0.314 e. The number of urea groups is 1. The van der Waals surface area contributed by atoms with E-state index in [9.17, 15) is 4.79 Å². The van der Waals surface area contributed by atoms with Gasteiger partial charge in [0.1, 0.15) is 5.82 Å². The van der Waals surface area contributed by atoms with Gasteiger partial charge in [-0.15, -0.1) is 10.2 Å². The van der Waals surface area contributed by atoms with E-state index >= 15 is 0 Å². The SMILES string of the molecule is Cn1cc(NC(=O)N2CCCCC2c2nnc3n2CCCC3)c(C2CC2)n1. The van der Waals surface area contributed by atoms with E-state index in [1.807, 2.05) is 18.1 Å². The standard InChI is InChI=1S/C19H27N7O/c1-24-12-14(17(23-24)13-8-9-13)20-19(27)25-10-4-2-6-15(25)18-22-21-16-7-3-5-11-26(16)18/h12-13,15H,2-11H2,1H3,(H,20,27). The fourth-order valence-electron chi connectivity index (χ4n) is 4.47. The highest BCUT2D eigenvalue weighted by atomic mass is 16.2. The molecule has 8 heteroatoms. The van der Waals surface area contributed by atoms with Gasteiger partial charge in [0.2, 0.25) is 0 Å². The van der Waals surface area contributed by atoms with Gasteiger partial charge in [-0.3, -0.25) is 4.68 Å². The third-order valence-electron chi connectivity index (χ3n) is 6.01. The van der Waals surface area contributed by atoms with Crippen LogP contribution in [0.4, 0.5) is 10.5 Å². The van der Waals surface area contributed by atoms with E-state index in [4.69, 9.17) is 0 Å². The first-order valence-electron chi connectivity index (χ1n) is 10.2. The fourth-order valence-corrected chi connectivity index (χ4v) is 4.47. The van der Waals surface area contributed by atoms with Crippen LogP contribution in [-0.2, 0) is 20.0 Å². The zero-order valence-electron chi connectivity index (χ0n) is 15.9. The highest BCUT2D eigenvalue weighted by Crippen LogP contribution is 2.42. The van der Waals surface area contributed by atoms with E-state index in [1.54, 1.807) is 4.68 Å². The summed E-state index contributed by atoms with van der Waals surface area (Å²) < 4.78 is 4.05. The largest absolute Gasteiger partial charge is 0.322 e. The molecule has 2 aromatic heterocycles. The number of likely N-dealkylation sites (tertiary alicyclic amines) is 1. The van der Waals surface area contributed by atoms with Crippen LogP contribution in [0.15, 0.2) is 6.20 Å². The molecule has 1 atom stereocenters. The average molecular weight is 369 g/mol. The molecule has 2 aromatic rings. The Kier molecular flexibility index (Phi) is 4.13. The summed E-state index contributed by atoms with van der Waals surface area (Å²) in [7, 11) is 1.91. The number of nitrogens with one attached hydrogen (secondary N) is 1. The van der Waals surface area contributed by atoms with E-state index in [0.29, 0.717) is 5.92 Å². The van der Waals surface area contributed by atoms with Gasteiger partial charge in [0.05, 0.1) is 17.4 Å². The molecule has 2 amide bonds. The summed E-state index contributed by atoms with van der Waals surface area (Å²) in [6.07, 6.45) is 10.7. The maximum atomic E-state index is 13.2. The van der Waals surface area contributed by atoms with Gasteiger partial charge in [0.15, 0.2) is 5.82 Å². The molecule has 0 bridgehead atoms. The number of aryl methyl sites for hydroxylation is 2. The molecule has 1 aliphatic carbocycles. The van der Waals surface area contributed by atoms with Crippen LogP contribution in [-0.4, -0.2) is 42.0 Å². The second-order valence-electron chi connectivity index (χ2n) is 8.09. The molecule has 1 N–H and O–H groups in total. The molecular weight excluding hydrogens is 342 g/mol. The summed E-state index contributed by atoms with van der Waals surface area (Å²) in [5, 5.41) is 16.6. The molecule has 2 fully saturated rings. The lowest BCUT2D eigenvalue weighted by molar-refractivity contribution is 0.156. The molecule has 1 saturated heterocycles. The molecule has 1 unspecified atom stereocenters. The minimum atomic E-state index is -0.0391. The number of anilines is 1. The first kappa shape index (κ1) is 16.8. The number of rotatable bonds is 3. The van der Waals surface area contributed by atoms with Crippen LogP contribution in [0.1, 0.15) is 74.2 Å². The highest BCUT2D eigenvalue weighted by molar-refractivity contribution is 5.90. The van der Waals surface area contributed by atoms with E-state index in [1.165, 1.54) is 6.42 Å². The van der Waals surface area contributed by atoms with Crippen LogP contribution < -0.4 is 5.32 Å². The molecule has 4 heterocycles. The minimum absolute atomic E-state index is 0.0131. The number of fused-ring (bicyclic) bond motifs is 1. The molecule has 0 aromatic carbocycles. The van der Waals surface area contributed by atoms with E-state index in [2.05, 4.69) is 25.2 Å². The van der Waals surface area contributed by atoms with Crippen molar-refractivity contribution in [3.8, 4) is 0 Å². The molecule has 8 nitrogen and oxygen atoms in total. The van der Waals surface area contributed by atoms with Gasteiger partial charge < -0.3 is 14.8 Å². The van der Waals surface area contributed by atoms with Crippen molar-refractivity contribution in [3.05, 3.63) is 23.5 Å². The zero-order chi connectivity index (χ0) is 18.4. The molecule has 27 heavy (non-hydrogen) atoms. The Morgan fingerprint density at radius 1 is 1.11 bits per heavy atom. The quantitative estimate of drug-likeness (QED) is 0.902. The number of carbonyl (C=O) groups is 1. The predicted molar refractivity (Wildman–Crippen MR) is 100 cm³/mol. The van der Waals surface area contributed by atoms with Gasteiger partial charge in [0.25, 0.3) is 0 Å². The van der Waals surface area contributed by atoms with Crippen molar-refractivity contribution in [2.75, 3.05) is 11.9 Å². The Balaban J connectivity index is 1.39. The average Bonchev–Trinajstić information content (AvgIpc) is 3.34. The Morgan fingerprint density at radius 3 is 2.81 bits per heavy atom. The summed E-state index contributed by atoms with van der Waals surface area (Å²) >= 11 is 0. The first-order valence-corrected chi connectivity index (χ1v) is 10.2. The lowest BCUT2D eigenvalue weighted by atomic mass is 10.0. The Bertz CT molecular complexity index is 850. The van der Waals surface area contributed by atoms with Gasteiger partial charge in [-0.25, -0.2) is 4.79 Å². The molecule has 144 valence electrons. The maximum Gasteiger partial charge on any atom is 0.322 e. The first-order chi connectivity index (χ1) is 13.2. The Morgan fingerprint density at radius 2 is 1.96 bits per heavy atom. The zero-order valence-corrected chi connectivity index (χ0v) is 15.9. The van der Waals surface area contributed by atoms with Gasteiger partial charge in [-0.05, 0) is 44.9 Å². The molecule has 0 spiro atoms. The minimum Gasteiger partial charge on any atom is -0.314 e. The number of carbonyl (C=O) groups excluding carboxylic acids is 1. The van der Waals surface area contributed by atoms with Gasteiger partial charge in [-0.2, -0.15) is 5.10 Å². The van der Waals surface area contributed by atoms with Crippen LogP contribution in [0.5, 0.6) is 0 Å². The van der Waals surface area contributed by atoms with Crippen LogP contribution in [0.3, 0.4) is 0 Å². The second-order valence-corrected chi connectivity index (χ2v) is 8.09. The fraction of sp³-hybridized carbons (Fsp3) is 0.684. The maximum absolute atomic E-state index is 13.2. The van der Waals surface area contributed by atoms with Crippen molar-refractivity contribution in [1.29, 1.82) is 0 Å². The van der Waals surface area contributed by atoms with Gasteiger partial charge >= 0.3 is 6.03 Å². The van der Waals surface area contributed by atoms with Crippen LogP contribution in [0.2, 0.25) is 0 Å². The number of hydrogen-bond acceptors (Lipinski definition) is 4. The molecule has 1 saturated carbocycles. The van der Waals surface area contributed by atoms with Crippen molar-refractivity contribution in [2.24, 2.45) is 7.05 Å². The summed E-state index contributed by atoms with van der Waals surface area (Å²) in [6.45, 7) is 1.73. The van der Waals surface area contributed by atoms with E-state index < -0.39 is 0 Å². The number of nitrogens with zero attached hydrogens (tertiary/aromatic N) is 6.